The second kappa shape index (κ2) is 2.76. The molecule has 1 aromatic carbocycles. The Balaban J connectivity index is 2.63. The molecule has 2 N–H and O–H groups in total. The topological polar surface area (TPSA) is 46.3 Å². The highest BCUT2D eigenvalue weighted by Gasteiger charge is 2.21. The van der Waals surface area contributed by atoms with Gasteiger partial charge in [0.15, 0.2) is 5.78 Å². The molecule has 0 spiro atoms. The number of carbonyl (C=O) groups is 1. The summed E-state index contributed by atoms with van der Waals surface area (Å²) in [5, 5.41) is 0. The molecule has 13 heavy (non-hydrogen) atoms. The molecule has 0 radical (unpaired) electrons. The summed E-state index contributed by atoms with van der Waals surface area (Å²) >= 11 is 0. The first-order valence-corrected chi connectivity index (χ1v) is 4.33. The van der Waals surface area contributed by atoms with Crippen LogP contribution in [0.2, 0.25) is 0 Å². The van der Waals surface area contributed by atoms with Crippen LogP contribution < -0.4 is 10.6 Å². The Labute approximate surface area is 77.1 Å². The van der Waals surface area contributed by atoms with E-state index in [2.05, 4.69) is 0 Å². The van der Waals surface area contributed by atoms with Gasteiger partial charge in [-0.05, 0) is 12.1 Å². The average molecular weight is 176 g/mol. The molecule has 1 heterocycles. The number of hydrogen-bond acceptors (Lipinski definition) is 3. The SMILES string of the molecule is CN1CCC(=O)c2cccc(N)c21. The Morgan fingerprint density at radius 3 is 2.92 bits per heavy atom. The summed E-state index contributed by atoms with van der Waals surface area (Å²) in [6.07, 6.45) is 0.590. The van der Waals surface area contributed by atoms with Crippen molar-refractivity contribution in [2.24, 2.45) is 0 Å². The summed E-state index contributed by atoms with van der Waals surface area (Å²) in [6, 6.07) is 5.49. The van der Waals surface area contributed by atoms with Gasteiger partial charge in [0.1, 0.15) is 0 Å². The third kappa shape index (κ3) is 1.16. The number of hydrogen-bond donors (Lipinski definition) is 1. The van der Waals surface area contributed by atoms with Gasteiger partial charge in [0.2, 0.25) is 0 Å². The highest BCUT2D eigenvalue weighted by Crippen LogP contribution is 2.31. The monoisotopic (exact) mass is 176 g/mol. The standard InChI is InChI=1S/C10H12N2O/c1-12-6-5-9(13)7-3-2-4-8(11)10(7)12/h2-4H,5-6,11H2,1H3. The molecule has 0 bridgehead atoms. The number of anilines is 2. The van der Waals surface area contributed by atoms with Gasteiger partial charge in [-0.1, -0.05) is 6.07 Å². The summed E-state index contributed by atoms with van der Waals surface area (Å²) in [5.41, 5.74) is 8.13. The van der Waals surface area contributed by atoms with Crippen LogP contribution in [0.4, 0.5) is 11.4 Å². The minimum absolute atomic E-state index is 0.195. The number of ketones is 1. The van der Waals surface area contributed by atoms with Gasteiger partial charge in [-0.15, -0.1) is 0 Å². The Hall–Kier alpha value is -1.51. The summed E-state index contributed by atoms with van der Waals surface area (Å²) in [4.78, 5) is 13.5. The van der Waals surface area contributed by atoms with Crippen LogP contribution in [0.5, 0.6) is 0 Å². The fourth-order valence-corrected chi connectivity index (χ4v) is 1.73. The lowest BCUT2D eigenvalue weighted by molar-refractivity contribution is 0.0980. The zero-order chi connectivity index (χ0) is 9.42. The zero-order valence-corrected chi connectivity index (χ0v) is 7.58. The molecule has 68 valence electrons. The Kier molecular flexibility index (Phi) is 1.72. The Morgan fingerprint density at radius 1 is 1.46 bits per heavy atom. The van der Waals surface area contributed by atoms with Gasteiger partial charge in [0.25, 0.3) is 0 Å². The smallest absolute Gasteiger partial charge is 0.166 e. The van der Waals surface area contributed by atoms with E-state index in [1.165, 1.54) is 0 Å². The van der Waals surface area contributed by atoms with Gasteiger partial charge < -0.3 is 10.6 Å². The highest BCUT2D eigenvalue weighted by atomic mass is 16.1. The predicted octanol–water partition coefficient (Wildman–Crippen LogP) is 1.29. The average Bonchev–Trinajstić information content (AvgIpc) is 2.12. The zero-order valence-electron chi connectivity index (χ0n) is 7.58. The molecule has 0 atom stereocenters. The van der Waals surface area contributed by atoms with Crippen molar-refractivity contribution in [2.45, 2.75) is 6.42 Å². The minimum atomic E-state index is 0.195. The fraction of sp³-hybridized carbons (Fsp3) is 0.300. The lowest BCUT2D eigenvalue weighted by atomic mass is 10.00. The van der Waals surface area contributed by atoms with Crippen molar-refractivity contribution in [1.82, 2.24) is 0 Å². The molecule has 1 aromatic rings. The van der Waals surface area contributed by atoms with E-state index in [1.807, 2.05) is 30.1 Å². The van der Waals surface area contributed by atoms with Crippen LogP contribution in [0.25, 0.3) is 0 Å². The quantitative estimate of drug-likeness (QED) is 0.606. The van der Waals surface area contributed by atoms with Gasteiger partial charge in [-0.3, -0.25) is 4.79 Å². The van der Waals surface area contributed by atoms with Crippen LogP contribution in [0.1, 0.15) is 16.8 Å². The Morgan fingerprint density at radius 2 is 2.23 bits per heavy atom. The maximum Gasteiger partial charge on any atom is 0.166 e. The van der Waals surface area contributed by atoms with Crippen LogP contribution in [0.15, 0.2) is 18.2 Å². The molecule has 0 amide bonds. The van der Waals surface area contributed by atoms with Crippen molar-refractivity contribution in [3.05, 3.63) is 23.8 Å². The van der Waals surface area contributed by atoms with Gasteiger partial charge in [-0.25, -0.2) is 0 Å². The number of benzene rings is 1. The van der Waals surface area contributed by atoms with Crippen molar-refractivity contribution >= 4 is 17.2 Å². The van der Waals surface area contributed by atoms with Crippen LogP contribution in [0.3, 0.4) is 0 Å². The van der Waals surface area contributed by atoms with Gasteiger partial charge in [0, 0.05) is 25.6 Å². The van der Waals surface area contributed by atoms with Crippen molar-refractivity contribution in [3.63, 3.8) is 0 Å². The third-order valence-electron chi connectivity index (χ3n) is 2.42. The van der Waals surface area contributed by atoms with E-state index in [4.69, 9.17) is 5.73 Å². The van der Waals surface area contributed by atoms with Crippen LogP contribution in [-0.2, 0) is 0 Å². The van der Waals surface area contributed by atoms with E-state index in [-0.39, 0.29) is 5.78 Å². The van der Waals surface area contributed by atoms with E-state index >= 15 is 0 Å². The van der Waals surface area contributed by atoms with Crippen molar-refractivity contribution < 1.29 is 4.79 Å². The summed E-state index contributed by atoms with van der Waals surface area (Å²) in [5.74, 6) is 0.195. The number of fused-ring (bicyclic) bond motifs is 1. The summed E-state index contributed by atoms with van der Waals surface area (Å²) < 4.78 is 0. The molecule has 3 heteroatoms. The van der Waals surface area contributed by atoms with Crippen LogP contribution in [-0.4, -0.2) is 19.4 Å². The lowest BCUT2D eigenvalue weighted by Crippen LogP contribution is -2.29. The van der Waals surface area contributed by atoms with E-state index in [0.717, 1.165) is 17.8 Å². The number of rotatable bonds is 0. The molecule has 0 fully saturated rings. The number of carbonyl (C=O) groups excluding carboxylic acids is 1. The minimum Gasteiger partial charge on any atom is -0.397 e. The highest BCUT2D eigenvalue weighted by molar-refractivity contribution is 6.05. The largest absolute Gasteiger partial charge is 0.397 e. The maximum absolute atomic E-state index is 11.5. The van der Waals surface area contributed by atoms with Crippen LogP contribution in [0, 0.1) is 0 Å². The van der Waals surface area contributed by atoms with Crippen molar-refractivity contribution in [2.75, 3.05) is 24.2 Å². The summed E-state index contributed by atoms with van der Waals surface area (Å²) in [6.45, 7) is 0.764. The summed E-state index contributed by atoms with van der Waals surface area (Å²) in [7, 11) is 1.96. The fourth-order valence-electron chi connectivity index (χ4n) is 1.73. The van der Waals surface area contributed by atoms with E-state index < -0.39 is 0 Å². The lowest BCUT2D eigenvalue weighted by Gasteiger charge is -2.27. The van der Waals surface area contributed by atoms with E-state index in [1.54, 1.807) is 0 Å². The molecule has 1 aliphatic heterocycles. The number of nitrogen functional groups attached to an aromatic ring is 1. The van der Waals surface area contributed by atoms with E-state index in [0.29, 0.717) is 12.1 Å². The third-order valence-corrected chi connectivity index (χ3v) is 2.42. The first kappa shape index (κ1) is 8.10. The molecule has 1 aliphatic rings. The molecule has 2 rings (SSSR count). The second-order valence-electron chi connectivity index (χ2n) is 3.34. The van der Waals surface area contributed by atoms with Gasteiger partial charge in [0.05, 0.1) is 11.4 Å². The molecule has 0 saturated carbocycles. The van der Waals surface area contributed by atoms with Crippen LogP contribution >= 0.6 is 0 Å². The number of Topliss-reactive ketones (excluding diaryl/α,β-unsaturated/α-hetero) is 1. The van der Waals surface area contributed by atoms with Crippen molar-refractivity contribution in [1.29, 1.82) is 0 Å². The first-order chi connectivity index (χ1) is 6.20. The van der Waals surface area contributed by atoms with Gasteiger partial charge >= 0.3 is 0 Å². The van der Waals surface area contributed by atoms with E-state index in [9.17, 15) is 4.79 Å². The molecule has 0 saturated heterocycles. The molecular formula is C10H12N2O. The van der Waals surface area contributed by atoms with Crippen molar-refractivity contribution in [3.8, 4) is 0 Å². The second-order valence-corrected chi connectivity index (χ2v) is 3.34. The maximum atomic E-state index is 11.5. The number of nitrogens with zero attached hydrogens (tertiary/aromatic N) is 1. The Bertz CT molecular complexity index is 360. The molecule has 3 nitrogen and oxygen atoms in total. The molecule has 0 unspecified atom stereocenters. The van der Waals surface area contributed by atoms with Gasteiger partial charge in [-0.2, -0.15) is 0 Å². The first-order valence-electron chi connectivity index (χ1n) is 4.33. The normalized spacial score (nSPS) is 15.8. The number of para-hydroxylation sites is 1. The molecule has 0 aliphatic carbocycles. The number of nitrogens with two attached hydrogens (primary N) is 1. The molecular weight excluding hydrogens is 164 g/mol. The predicted molar refractivity (Wildman–Crippen MR) is 53.1 cm³/mol. The molecule has 0 aromatic heterocycles.